The SMILES string of the molecule is CCCCCCCCCCCCCCCCCCOCc1ccc(CNCCC)o1. The van der Waals surface area contributed by atoms with Gasteiger partial charge in [0, 0.05) is 6.61 Å². The van der Waals surface area contributed by atoms with Crippen LogP contribution in [0, 0.1) is 0 Å². The van der Waals surface area contributed by atoms with Crippen LogP contribution in [0.25, 0.3) is 0 Å². The van der Waals surface area contributed by atoms with E-state index in [-0.39, 0.29) is 0 Å². The van der Waals surface area contributed by atoms with Crippen molar-refractivity contribution in [1.29, 1.82) is 0 Å². The molecule has 0 spiro atoms. The van der Waals surface area contributed by atoms with E-state index in [2.05, 4.69) is 25.2 Å². The summed E-state index contributed by atoms with van der Waals surface area (Å²) >= 11 is 0. The Labute approximate surface area is 187 Å². The van der Waals surface area contributed by atoms with Crippen molar-refractivity contribution in [2.45, 2.75) is 136 Å². The molecule has 30 heavy (non-hydrogen) atoms. The minimum Gasteiger partial charge on any atom is -0.462 e. The second-order valence-corrected chi connectivity index (χ2v) is 8.90. The first kappa shape index (κ1) is 27.2. The van der Waals surface area contributed by atoms with Gasteiger partial charge in [-0.1, -0.05) is 110 Å². The molecule has 1 heterocycles. The van der Waals surface area contributed by atoms with Gasteiger partial charge in [0.15, 0.2) is 0 Å². The van der Waals surface area contributed by atoms with Gasteiger partial charge in [-0.15, -0.1) is 0 Å². The van der Waals surface area contributed by atoms with Crippen molar-refractivity contribution in [1.82, 2.24) is 5.32 Å². The van der Waals surface area contributed by atoms with Crippen LogP contribution in [0.4, 0.5) is 0 Å². The van der Waals surface area contributed by atoms with Crippen LogP contribution in [-0.2, 0) is 17.9 Å². The minimum atomic E-state index is 0.604. The highest BCUT2D eigenvalue weighted by molar-refractivity contribution is 5.06. The van der Waals surface area contributed by atoms with Gasteiger partial charge in [0.2, 0.25) is 0 Å². The van der Waals surface area contributed by atoms with Gasteiger partial charge in [-0.25, -0.2) is 0 Å². The van der Waals surface area contributed by atoms with Crippen molar-refractivity contribution in [3.63, 3.8) is 0 Å². The largest absolute Gasteiger partial charge is 0.462 e. The Morgan fingerprint density at radius 3 is 1.67 bits per heavy atom. The number of unbranched alkanes of at least 4 members (excludes halogenated alkanes) is 15. The lowest BCUT2D eigenvalue weighted by Gasteiger charge is -2.04. The number of furan rings is 1. The van der Waals surface area contributed by atoms with Crippen molar-refractivity contribution >= 4 is 0 Å². The molecule has 1 aromatic rings. The van der Waals surface area contributed by atoms with Crippen molar-refractivity contribution in [3.8, 4) is 0 Å². The van der Waals surface area contributed by atoms with Crippen molar-refractivity contribution in [2.24, 2.45) is 0 Å². The Balaban J connectivity index is 1.76. The van der Waals surface area contributed by atoms with E-state index in [1.54, 1.807) is 0 Å². The quantitative estimate of drug-likeness (QED) is 0.180. The summed E-state index contributed by atoms with van der Waals surface area (Å²) < 4.78 is 11.5. The van der Waals surface area contributed by atoms with Gasteiger partial charge in [0.1, 0.15) is 18.1 Å². The zero-order chi connectivity index (χ0) is 21.5. The van der Waals surface area contributed by atoms with E-state index in [0.29, 0.717) is 6.61 Å². The van der Waals surface area contributed by atoms with Gasteiger partial charge in [0.25, 0.3) is 0 Å². The fraction of sp³-hybridized carbons (Fsp3) is 0.852. The maximum atomic E-state index is 5.78. The standard InChI is InChI=1S/C27H51NO2/c1-3-5-6-7-8-9-10-11-12-13-14-15-16-17-18-19-23-29-25-27-21-20-26(30-27)24-28-22-4-2/h20-21,28H,3-19,22-25H2,1-2H3. The smallest absolute Gasteiger partial charge is 0.129 e. The summed E-state index contributed by atoms with van der Waals surface area (Å²) in [6.45, 7) is 7.77. The monoisotopic (exact) mass is 421 g/mol. The van der Waals surface area contributed by atoms with Crippen LogP contribution in [-0.4, -0.2) is 13.2 Å². The molecule has 0 fully saturated rings. The van der Waals surface area contributed by atoms with E-state index in [9.17, 15) is 0 Å². The molecule has 0 aliphatic rings. The fourth-order valence-electron chi connectivity index (χ4n) is 3.91. The lowest BCUT2D eigenvalue weighted by molar-refractivity contribution is 0.101. The van der Waals surface area contributed by atoms with Crippen molar-refractivity contribution < 1.29 is 9.15 Å². The molecule has 176 valence electrons. The molecule has 0 radical (unpaired) electrons. The lowest BCUT2D eigenvalue weighted by Crippen LogP contribution is -2.13. The Hall–Kier alpha value is -0.800. The summed E-state index contributed by atoms with van der Waals surface area (Å²) in [5, 5.41) is 3.36. The maximum absolute atomic E-state index is 5.78. The molecule has 0 aromatic carbocycles. The third-order valence-corrected chi connectivity index (χ3v) is 5.83. The average Bonchev–Trinajstić information content (AvgIpc) is 3.20. The van der Waals surface area contributed by atoms with E-state index in [1.165, 1.54) is 103 Å². The van der Waals surface area contributed by atoms with E-state index < -0.39 is 0 Å². The van der Waals surface area contributed by atoms with Gasteiger partial charge in [0.05, 0.1) is 6.54 Å². The van der Waals surface area contributed by atoms with E-state index in [4.69, 9.17) is 9.15 Å². The predicted molar refractivity (Wildman–Crippen MR) is 130 cm³/mol. The fourth-order valence-corrected chi connectivity index (χ4v) is 3.91. The van der Waals surface area contributed by atoms with Crippen LogP contribution in [0.2, 0.25) is 0 Å². The molecule has 1 aromatic heterocycles. The highest BCUT2D eigenvalue weighted by Crippen LogP contribution is 2.14. The van der Waals surface area contributed by atoms with Gasteiger partial charge >= 0.3 is 0 Å². The second kappa shape index (κ2) is 21.4. The normalized spacial score (nSPS) is 11.4. The van der Waals surface area contributed by atoms with Gasteiger partial charge in [-0.05, 0) is 31.5 Å². The summed E-state index contributed by atoms with van der Waals surface area (Å²) in [4.78, 5) is 0. The third kappa shape index (κ3) is 16.9. The summed E-state index contributed by atoms with van der Waals surface area (Å²) in [6.07, 6.45) is 23.6. The summed E-state index contributed by atoms with van der Waals surface area (Å²) in [5.41, 5.74) is 0. The van der Waals surface area contributed by atoms with E-state index in [1.807, 2.05) is 6.07 Å². The molecule has 0 saturated carbocycles. The Morgan fingerprint density at radius 1 is 0.633 bits per heavy atom. The molecule has 0 saturated heterocycles. The minimum absolute atomic E-state index is 0.604. The first-order valence-electron chi connectivity index (χ1n) is 13.2. The van der Waals surface area contributed by atoms with Crippen LogP contribution in [0.5, 0.6) is 0 Å². The molecule has 3 nitrogen and oxygen atoms in total. The summed E-state index contributed by atoms with van der Waals surface area (Å²) in [6, 6.07) is 4.09. The Kier molecular flexibility index (Phi) is 19.5. The first-order valence-corrected chi connectivity index (χ1v) is 13.2. The Morgan fingerprint density at radius 2 is 1.13 bits per heavy atom. The van der Waals surface area contributed by atoms with Crippen LogP contribution in [0.1, 0.15) is 135 Å². The zero-order valence-electron chi connectivity index (χ0n) is 20.3. The molecule has 0 aliphatic heterocycles. The molecule has 1 rings (SSSR count). The van der Waals surface area contributed by atoms with Gasteiger partial charge < -0.3 is 14.5 Å². The van der Waals surface area contributed by atoms with Crippen molar-refractivity contribution in [2.75, 3.05) is 13.2 Å². The lowest BCUT2D eigenvalue weighted by atomic mass is 10.0. The first-order chi connectivity index (χ1) is 14.9. The predicted octanol–water partition coefficient (Wildman–Crippen LogP) is 8.56. The number of hydrogen-bond donors (Lipinski definition) is 1. The molecule has 1 N–H and O–H groups in total. The number of nitrogens with one attached hydrogen (secondary N) is 1. The summed E-state index contributed by atoms with van der Waals surface area (Å²) in [7, 11) is 0. The molecule has 0 bridgehead atoms. The van der Waals surface area contributed by atoms with Crippen molar-refractivity contribution in [3.05, 3.63) is 23.7 Å². The van der Waals surface area contributed by atoms with Gasteiger partial charge in [-0.2, -0.15) is 0 Å². The van der Waals surface area contributed by atoms with Gasteiger partial charge in [-0.3, -0.25) is 0 Å². The molecule has 0 atom stereocenters. The van der Waals surface area contributed by atoms with E-state index >= 15 is 0 Å². The average molecular weight is 422 g/mol. The number of ether oxygens (including phenoxy) is 1. The number of rotatable bonds is 23. The number of hydrogen-bond acceptors (Lipinski definition) is 3. The molecule has 0 amide bonds. The molecule has 0 aliphatic carbocycles. The highest BCUT2D eigenvalue weighted by atomic mass is 16.5. The second-order valence-electron chi connectivity index (χ2n) is 8.90. The zero-order valence-corrected chi connectivity index (χ0v) is 20.3. The Bertz CT molecular complexity index is 457. The molecule has 3 heteroatoms. The third-order valence-electron chi connectivity index (χ3n) is 5.83. The van der Waals surface area contributed by atoms with Crippen LogP contribution in [0.3, 0.4) is 0 Å². The van der Waals surface area contributed by atoms with Crippen LogP contribution >= 0.6 is 0 Å². The molecular formula is C27H51NO2. The van der Waals surface area contributed by atoms with E-state index in [0.717, 1.165) is 37.6 Å². The molecule has 0 unspecified atom stereocenters. The molecular weight excluding hydrogens is 370 g/mol. The maximum Gasteiger partial charge on any atom is 0.129 e. The highest BCUT2D eigenvalue weighted by Gasteiger charge is 2.02. The van der Waals surface area contributed by atoms with Crippen LogP contribution in [0.15, 0.2) is 16.5 Å². The topological polar surface area (TPSA) is 34.4 Å². The summed E-state index contributed by atoms with van der Waals surface area (Å²) in [5.74, 6) is 1.95. The van der Waals surface area contributed by atoms with Crippen LogP contribution < -0.4 is 5.32 Å².